The van der Waals surface area contributed by atoms with Gasteiger partial charge in [0, 0.05) is 12.1 Å². The zero-order chi connectivity index (χ0) is 24.5. The number of hydrazone groups is 1. The molecule has 1 amide bonds. The number of carbonyl (C=O) groups excluding carboxylic acids is 1. The van der Waals surface area contributed by atoms with E-state index in [-0.39, 0.29) is 12.3 Å². The van der Waals surface area contributed by atoms with Crippen molar-refractivity contribution in [2.24, 2.45) is 5.10 Å². The van der Waals surface area contributed by atoms with Gasteiger partial charge in [-0.2, -0.15) is 5.10 Å². The third-order valence-electron chi connectivity index (χ3n) is 4.61. The minimum atomic E-state index is -1.33. The van der Waals surface area contributed by atoms with Gasteiger partial charge in [-0.05, 0) is 70.5 Å². The molecule has 2 N–H and O–H groups in total. The molecule has 0 fully saturated rings. The van der Waals surface area contributed by atoms with Crippen LogP contribution in [0.25, 0.3) is 0 Å². The maximum absolute atomic E-state index is 12.1. The number of rotatable bonds is 10. The Morgan fingerprint density at radius 3 is 2.53 bits per heavy atom. The minimum absolute atomic E-state index is 0.0142. The van der Waals surface area contributed by atoms with Crippen molar-refractivity contribution < 1.29 is 24.3 Å². The molecule has 0 saturated carbocycles. The van der Waals surface area contributed by atoms with E-state index in [1.165, 1.54) is 18.3 Å². The van der Waals surface area contributed by atoms with Crippen molar-refractivity contribution in [3.63, 3.8) is 0 Å². The summed E-state index contributed by atoms with van der Waals surface area (Å²) in [6.45, 7) is 2.46. The standard InChI is InChI=1S/C24H22IN3O6/c1-2-33-21-13-17(14-26-27-24(30)22(29)18-6-4-3-5-7-18)12-20(25)23(21)34-15-16-8-10-19(11-9-16)28(31)32/h3-14,22,29H,2,15H2,1H3,(H,27,30)/b26-14-/t22-/m1/s1. The molecule has 10 heteroatoms. The fourth-order valence-corrected chi connectivity index (χ4v) is 3.73. The maximum atomic E-state index is 12.1. The van der Waals surface area contributed by atoms with Gasteiger partial charge in [0.2, 0.25) is 0 Å². The topological polar surface area (TPSA) is 123 Å². The first-order valence-electron chi connectivity index (χ1n) is 10.3. The van der Waals surface area contributed by atoms with Crippen molar-refractivity contribution >= 4 is 40.4 Å². The van der Waals surface area contributed by atoms with Crippen molar-refractivity contribution in [1.82, 2.24) is 5.43 Å². The van der Waals surface area contributed by atoms with E-state index in [0.717, 1.165) is 9.13 Å². The number of aliphatic hydroxyl groups is 1. The number of non-ortho nitro benzene ring substituents is 1. The molecule has 0 spiro atoms. The molecule has 0 aliphatic heterocycles. The number of nitro benzene ring substituents is 1. The predicted octanol–water partition coefficient (Wildman–Crippen LogP) is 4.36. The van der Waals surface area contributed by atoms with Crippen LogP contribution in [0.15, 0.2) is 71.8 Å². The molecule has 0 aliphatic carbocycles. The molecule has 3 rings (SSSR count). The number of amides is 1. The maximum Gasteiger partial charge on any atom is 0.273 e. The van der Waals surface area contributed by atoms with Gasteiger partial charge in [0.05, 0.1) is 21.3 Å². The van der Waals surface area contributed by atoms with Crippen molar-refractivity contribution in [3.8, 4) is 11.5 Å². The molecule has 0 radical (unpaired) electrons. The number of nitrogens with one attached hydrogen (secondary N) is 1. The molecule has 1 atom stereocenters. The van der Waals surface area contributed by atoms with Gasteiger partial charge in [-0.3, -0.25) is 14.9 Å². The van der Waals surface area contributed by atoms with E-state index in [1.54, 1.807) is 54.6 Å². The molecule has 0 bridgehead atoms. The van der Waals surface area contributed by atoms with Crippen LogP contribution in [-0.2, 0) is 11.4 Å². The number of benzene rings is 3. The molecule has 0 aromatic heterocycles. The minimum Gasteiger partial charge on any atom is -0.490 e. The Morgan fingerprint density at radius 2 is 1.88 bits per heavy atom. The zero-order valence-corrected chi connectivity index (χ0v) is 20.3. The molecule has 176 valence electrons. The monoisotopic (exact) mass is 575 g/mol. The van der Waals surface area contributed by atoms with Gasteiger partial charge in [0.15, 0.2) is 17.6 Å². The van der Waals surface area contributed by atoms with Gasteiger partial charge >= 0.3 is 0 Å². The summed E-state index contributed by atoms with van der Waals surface area (Å²) in [5, 5.41) is 24.9. The van der Waals surface area contributed by atoms with Crippen LogP contribution >= 0.6 is 22.6 Å². The van der Waals surface area contributed by atoms with Crippen LogP contribution in [0.5, 0.6) is 11.5 Å². The number of nitro groups is 1. The smallest absolute Gasteiger partial charge is 0.273 e. The summed E-state index contributed by atoms with van der Waals surface area (Å²) in [7, 11) is 0. The molecule has 0 unspecified atom stereocenters. The van der Waals surface area contributed by atoms with Crippen molar-refractivity contribution in [2.45, 2.75) is 19.6 Å². The first kappa shape index (κ1) is 25.1. The van der Waals surface area contributed by atoms with Crippen molar-refractivity contribution in [3.05, 3.63) is 97.1 Å². The van der Waals surface area contributed by atoms with Crippen LogP contribution in [0.2, 0.25) is 0 Å². The quantitative estimate of drug-likeness (QED) is 0.160. The lowest BCUT2D eigenvalue weighted by molar-refractivity contribution is -0.384. The van der Waals surface area contributed by atoms with E-state index < -0.39 is 16.9 Å². The van der Waals surface area contributed by atoms with Gasteiger partial charge in [0.1, 0.15) is 6.61 Å². The lowest BCUT2D eigenvalue weighted by Gasteiger charge is -2.15. The molecular formula is C24H22IN3O6. The van der Waals surface area contributed by atoms with Crippen LogP contribution in [0.3, 0.4) is 0 Å². The molecule has 0 saturated heterocycles. The van der Waals surface area contributed by atoms with E-state index in [9.17, 15) is 20.0 Å². The van der Waals surface area contributed by atoms with Gasteiger partial charge in [-0.15, -0.1) is 0 Å². The van der Waals surface area contributed by atoms with Crippen LogP contribution in [0.4, 0.5) is 5.69 Å². The number of carbonyl (C=O) groups is 1. The molecule has 3 aromatic rings. The van der Waals surface area contributed by atoms with Crippen LogP contribution in [0.1, 0.15) is 29.7 Å². The van der Waals surface area contributed by atoms with E-state index in [1.807, 2.05) is 6.92 Å². The summed E-state index contributed by atoms with van der Waals surface area (Å²) < 4.78 is 12.4. The van der Waals surface area contributed by atoms with Gasteiger partial charge in [0.25, 0.3) is 11.6 Å². The van der Waals surface area contributed by atoms with Crippen molar-refractivity contribution in [1.29, 1.82) is 0 Å². The van der Waals surface area contributed by atoms with E-state index >= 15 is 0 Å². The Bertz CT molecular complexity index is 1170. The molecule has 34 heavy (non-hydrogen) atoms. The molecular weight excluding hydrogens is 553 g/mol. The average molecular weight is 575 g/mol. The normalized spacial score (nSPS) is 11.7. The first-order valence-corrected chi connectivity index (χ1v) is 11.3. The number of hydrogen-bond donors (Lipinski definition) is 2. The third-order valence-corrected chi connectivity index (χ3v) is 5.42. The Balaban J connectivity index is 1.68. The summed E-state index contributed by atoms with van der Waals surface area (Å²) in [5.74, 6) is 0.375. The van der Waals surface area contributed by atoms with Crippen molar-refractivity contribution in [2.75, 3.05) is 6.61 Å². The second-order valence-corrected chi connectivity index (χ2v) is 8.18. The summed E-state index contributed by atoms with van der Waals surface area (Å²) >= 11 is 2.11. The summed E-state index contributed by atoms with van der Waals surface area (Å²) in [5.41, 5.74) is 4.25. The highest BCUT2D eigenvalue weighted by atomic mass is 127. The van der Waals surface area contributed by atoms with E-state index in [2.05, 4.69) is 33.1 Å². The molecule has 9 nitrogen and oxygen atoms in total. The van der Waals surface area contributed by atoms with Gasteiger partial charge < -0.3 is 14.6 Å². The number of ether oxygens (including phenoxy) is 2. The highest BCUT2D eigenvalue weighted by Crippen LogP contribution is 2.34. The summed E-state index contributed by atoms with van der Waals surface area (Å²) in [6, 6.07) is 18.2. The van der Waals surface area contributed by atoms with E-state index in [4.69, 9.17) is 9.47 Å². The highest BCUT2D eigenvalue weighted by molar-refractivity contribution is 14.1. The first-order chi connectivity index (χ1) is 16.4. The summed E-state index contributed by atoms with van der Waals surface area (Å²) in [6.07, 6.45) is 0.119. The van der Waals surface area contributed by atoms with Crippen LogP contribution in [0, 0.1) is 13.7 Å². The number of hydrogen-bond acceptors (Lipinski definition) is 7. The largest absolute Gasteiger partial charge is 0.490 e. The Hall–Kier alpha value is -3.51. The van der Waals surface area contributed by atoms with Gasteiger partial charge in [-0.1, -0.05) is 30.3 Å². The Morgan fingerprint density at radius 1 is 1.18 bits per heavy atom. The second-order valence-electron chi connectivity index (χ2n) is 7.02. The fraction of sp³-hybridized carbons (Fsp3) is 0.167. The van der Waals surface area contributed by atoms with Crippen LogP contribution < -0.4 is 14.9 Å². The van der Waals surface area contributed by atoms with Gasteiger partial charge in [-0.25, -0.2) is 5.43 Å². The third kappa shape index (κ3) is 6.75. The lowest BCUT2D eigenvalue weighted by atomic mass is 10.1. The number of halogens is 1. The lowest BCUT2D eigenvalue weighted by Crippen LogP contribution is -2.25. The zero-order valence-electron chi connectivity index (χ0n) is 18.2. The number of nitrogens with zero attached hydrogens (tertiary/aromatic N) is 2. The molecule has 0 aliphatic rings. The Kier molecular flexibility index (Phi) is 8.93. The SMILES string of the molecule is CCOc1cc(/C=N\NC(=O)[C@H](O)c2ccccc2)cc(I)c1OCc1ccc([N+](=O)[O-])cc1. The second kappa shape index (κ2) is 12.1. The fourth-order valence-electron chi connectivity index (χ4n) is 2.95. The number of aliphatic hydroxyl groups excluding tert-OH is 1. The summed E-state index contributed by atoms with van der Waals surface area (Å²) in [4.78, 5) is 22.5. The average Bonchev–Trinajstić information content (AvgIpc) is 2.84. The molecule has 0 heterocycles. The molecule has 3 aromatic carbocycles. The predicted molar refractivity (Wildman–Crippen MR) is 135 cm³/mol. The highest BCUT2D eigenvalue weighted by Gasteiger charge is 2.16. The Labute approximate surface area is 209 Å². The van der Waals surface area contributed by atoms with E-state index in [0.29, 0.717) is 29.2 Å². The van der Waals surface area contributed by atoms with Crippen LogP contribution in [-0.4, -0.2) is 28.8 Å².